The number of hydrogen-bond donors (Lipinski definition) is 8. The van der Waals surface area contributed by atoms with E-state index in [0.29, 0.717) is 36.0 Å². The number of hydrogen-bond acceptors (Lipinski definition) is 6. The summed E-state index contributed by atoms with van der Waals surface area (Å²) in [5.74, 6) is -0.447. The van der Waals surface area contributed by atoms with Crippen LogP contribution in [0.2, 0.25) is 0 Å². The third-order valence-corrected chi connectivity index (χ3v) is 7.62. The van der Waals surface area contributed by atoms with E-state index in [1.165, 1.54) is 6.07 Å². The molecular formula is C26H43IN8O4. The number of primary amides is 1. The molecule has 1 aliphatic rings. The van der Waals surface area contributed by atoms with Crippen molar-refractivity contribution < 1.29 is 19.1 Å². The lowest BCUT2D eigenvalue weighted by Gasteiger charge is -2.26. The number of alkyl halides is 1. The summed E-state index contributed by atoms with van der Waals surface area (Å²) in [6.45, 7) is 1.94. The number of benzene rings is 1. The average molecular weight is 659 g/mol. The topological polar surface area (TPSA) is 214 Å². The molecule has 0 spiro atoms. The molecule has 218 valence electrons. The van der Waals surface area contributed by atoms with Crippen LogP contribution in [0.25, 0.3) is 0 Å². The van der Waals surface area contributed by atoms with Gasteiger partial charge in [0.1, 0.15) is 11.5 Å². The van der Waals surface area contributed by atoms with E-state index >= 15 is 0 Å². The van der Waals surface area contributed by atoms with Crippen molar-refractivity contribution in [2.75, 3.05) is 26.3 Å². The normalized spacial score (nSPS) is 16.6. The highest BCUT2D eigenvalue weighted by Gasteiger charge is 2.25. The summed E-state index contributed by atoms with van der Waals surface area (Å²) in [4.78, 5) is 25.6. The number of ether oxygens (including phenoxy) is 2. The molecule has 12 nitrogen and oxygen atoms in total. The van der Waals surface area contributed by atoms with Gasteiger partial charge in [-0.2, -0.15) is 0 Å². The lowest BCUT2D eigenvalue weighted by molar-refractivity contribution is 0.0924. The highest BCUT2D eigenvalue weighted by atomic mass is 127. The summed E-state index contributed by atoms with van der Waals surface area (Å²) >= 11 is 2.45. The van der Waals surface area contributed by atoms with E-state index in [1.807, 2.05) is 0 Å². The van der Waals surface area contributed by atoms with E-state index < -0.39 is 5.91 Å². The zero-order valence-electron chi connectivity index (χ0n) is 22.5. The molecule has 0 radical (unpaired) electrons. The van der Waals surface area contributed by atoms with E-state index in [4.69, 9.17) is 37.5 Å². The maximum absolute atomic E-state index is 13.3. The summed E-state index contributed by atoms with van der Waals surface area (Å²) in [5.41, 5.74) is 16.6. The van der Waals surface area contributed by atoms with Gasteiger partial charge in [-0.1, -0.05) is 22.6 Å². The Morgan fingerprint density at radius 1 is 0.795 bits per heavy atom. The van der Waals surface area contributed by atoms with Gasteiger partial charge in [-0.15, -0.1) is 0 Å². The van der Waals surface area contributed by atoms with Crippen LogP contribution in [0.5, 0.6) is 11.5 Å². The van der Waals surface area contributed by atoms with Crippen molar-refractivity contribution >= 4 is 46.3 Å². The van der Waals surface area contributed by atoms with Gasteiger partial charge in [0.15, 0.2) is 11.9 Å². The van der Waals surface area contributed by atoms with E-state index in [2.05, 4.69) is 38.5 Å². The van der Waals surface area contributed by atoms with Crippen molar-refractivity contribution in [1.82, 2.24) is 16.0 Å². The molecule has 0 unspecified atom stereocenters. The third-order valence-electron chi connectivity index (χ3n) is 6.37. The van der Waals surface area contributed by atoms with Crippen molar-refractivity contribution in [3.63, 3.8) is 0 Å². The van der Waals surface area contributed by atoms with Crippen LogP contribution in [0.4, 0.5) is 0 Å². The van der Waals surface area contributed by atoms with Crippen molar-refractivity contribution in [1.29, 1.82) is 10.8 Å². The Hall–Kier alpha value is -2.97. The predicted molar refractivity (Wildman–Crippen MR) is 161 cm³/mol. The summed E-state index contributed by atoms with van der Waals surface area (Å²) < 4.78 is 12.6. The van der Waals surface area contributed by atoms with Crippen molar-refractivity contribution in [2.24, 2.45) is 17.2 Å². The zero-order valence-corrected chi connectivity index (χ0v) is 24.6. The minimum absolute atomic E-state index is 0.0522. The van der Waals surface area contributed by atoms with Gasteiger partial charge in [0.2, 0.25) is 0 Å². The second kappa shape index (κ2) is 17.6. The standard InChI is InChI=1S/C26H43IN8O4/c27-17-7-9-18(10-8-17)35-24(37)20-15-19(23(28)36)21(38-13-5-1-3-11-33-25(29)30)16-22(20)39-14-6-2-4-12-34-26(31)32/h15-18H,1-14H2,(H2,28,36)(H,35,37)(H4,29,30,33)(H4,31,32,34)/t17-,18-. The highest BCUT2D eigenvalue weighted by Crippen LogP contribution is 2.31. The van der Waals surface area contributed by atoms with Crippen molar-refractivity contribution in [3.05, 3.63) is 23.3 Å². The highest BCUT2D eigenvalue weighted by molar-refractivity contribution is 14.1. The van der Waals surface area contributed by atoms with Gasteiger partial charge in [-0.25, -0.2) is 0 Å². The van der Waals surface area contributed by atoms with Crippen LogP contribution in [0.15, 0.2) is 12.1 Å². The maximum atomic E-state index is 13.3. The van der Waals surface area contributed by atoms with Crippen LogP contribution in [0, 0.1) is 10.8 Å². The quantitative estimate of drug-likeness (QED) is 0.0408. The number of guanidine groups is 2. The molecule has 39 heavy (non-hydrogen) atoms. The molecule has 1 fully saturated rings. The number of halogens is 1. The van der Waals surface area contributed by atoms with Crippen LogP contribution in [0.3, 0.4) is 0 Å². The van der Waals surface area contributed by atoms with Gasteiger partial charge < -0.3 is 42.6 Å². The molecule has 0 saturated heterocycles. The molecule has 11 N–H and O–H groups in total. The van der Waals surface area contributed by atoms with E-state index in [1.54, 1.807) is 6.07 Å². The van der Waals surface area contributed by atoms with Crippen LogP contribution in [-0.2, 0) is 0 Å². The summed E-state index contributed by atoms with van der Waals surface area (Å²) in [5, 5.41) is 23.0. The second-order valence-corrected chi connectivity index (χ2v) is 11.4. The molecule has 0 aromatic heterocycles. The van der Waals surface area contributed by atoms with Gasteiger partial charge in [-0.05, 0) is 70.3 Å². The Bertz CT molecular complexity index is 970. The van der Waals surface area contributed by atoms with E-state index in [-0.39, 0.29) is 40.7 Å². The first kappa shape index (κ1) is 32.2. The molecule has 2 rings (SSSR count). The van der Waals surface area contributed by atoms with Gasteiger partial charge in [0, 0.05) is 29.1 Å². The SMILES string of the molecule is N=C(N)NCCCCCOc1cc(OCCCCCNC(=N)N)c(C(=O)N[C@H]2CC[C@H](I)CC2)cc1C(N)=O. The Balaban J connectivity index is 2.08. The van der Waals surface area contributed by atoms with Crippen LogP contribution >= 0.6 is 22.6 Å². The summed E-state index contributed by atoms with van der Waals surface area (Å²) in [6.07, 6.45) is 8.73. The van der Waals surface area contributed by atoms with Crippen molar-refractivity contribution in [3.8, 4) is 11.5 Å². The lowest BCUT2D eigenvalue weighted by atomic mass is 9.95. The summed E-state index contributed by atoms with van der Waals surface area (Å²) in [6, 6.07) is 3.14. The minimum Gasteiger partial charge on any atom is -0.493 e. The molecule has 0 heterocycles. The van der Waals surface area contributed by atoms with Gasteiger partial charge in [0.05, 0.1) is 24.3 Å². The lowest BCUT2D eigenvalue weighted by Crippen LogP contribution is -2.38. The minimum atomic E-state index is -0.681. The summed E-state index contributed by atoms with van der Waals surface area (Å²) in [7, 11) is 0. The number of amides is 2. The maximum Gasteiger partial charge on any atom is 0.255 e. The molecule has 13 heteroatoms. The third kappa shape index (κ3) is 12.6. The molecular weight excluding hydrogens is 615 g/mol. The number of carbonyl (C=O) groups is 2. The van der Waals surface area contributed by atoms with Crippen LogP contribution in [0.1, 0.15) is 84.9 Å². The first-order valence-electron chi connectivity index (χ1n) is 13.5. The van der Waals surface area contributed by atoms with Gasteiger partial charge in [0.25, 0.3) is 11.8 Å². The Labute approximate surface area is 244 Å². The fourth-order valence-electron chi connectivity index (χ4n) is 4.25. The Kier molecular flexibility index (Phi) is 14.5. The molecule has 1 aliphatic carbocycles. The largest absolute Gasteiger partial charge is 0.493 e. The number of nitrogens with one attached hydrogen (secondary N) is 5. The fourth-order valence-corrected chi connectivity index (χ4v) is 4.97. The number of unbranched alkanes of at least 4 members (excludes halogenated alkanes) is 4. The first-order valence-corrected chi connectivity index (χ1v) is 14.8. The predicted octanol–water partition coefficient (Wildman–Crippen LogP) is 2.33. The van der Waals surface area contributed by atoms with E-state index in [0.717, 1.165) is 64.2 Å². The second-order valence-electron chi connectivity index (χ2n) is 9.63. The van der Waals surface area contributed by atoms with Crippen LogP contribution < -0.4 is 42.6 Å². The number of rotatable bonds is 17. The number of nitrogens with two attached hydrogens (primary N) is 3. The molecule has 0 bridgehead atoms. The van der Waals surface area contributed by atoms with E-state index in [9.17, 15) is 9.59 Å². The zero-order chi connectivity index (χ0) is 28.6. The average Bonchev–Trinajstić information content (AvgIpc) is 2.88. The smallest absolute Gasteiger partial charge is 0.255 e. The molecule has 0 aliphatic heterocycles. The van der Waals surface area contributed by atoms with Crippen LogP contribution in [-0.4, -0.2) is 60.0 Å². The molecule has 1 aromatic rings. The van der Waals surface area contributed by atoms with Gasteiger partial charge >= 0.3 is 0 Å². The van der Waals surface area contributed by atoms with Gasteiger partial charge in [-0.3, -0.25) is 20.4 Å². The molecule has 2 amide bonds. The first-order chi connectivity index (χ1) is 18.7. The monoisotopic (exact) mass is 658 g/mol. The number of carbonyl (C=O) groups excluding carboxylic acids is 2. The molecule has 1 saturated carbocycles. The van der Waals surface area contributed by atoms with Crippen molar-refractivity contribution in [2.45, 2.75) is 74.2 Å². The molecule has 0 atom stereocenters. The molecule has 1 aromatic carbocycles. The Morgan fingerprint density at radius 3 is 1.79 bits per heavy atom. The fraction of sp³-hybridized carbons (Fsp3) is 0.615. The Morgan fingerprint density at radius 2 is 1.31 bits per heavy atom.